The van der Waals surface area contributed by atoms with Gasteiger partial charge in [-0.2, -0.15) is 5.10 Å². The molecule has 0 spiro atoms. The number of piperidine rings is 1. The first kappa shape index (κ1) is 28.8. The fraction of sp³-hybridized carbons (Fsp3) is 0.455. The second-order valence-corrected chi connectivity index (χ2v) is 13.8. The lowest BCUT2D eigenvalue weighted by atomic mass is 9.09. The molecule has 0 radical (unpaired) electrons. The highest BCUT2D eigenvalue weighted by atomic mass is 16.2. The molecule has 0 saturated carbocycles. The summed E-state index contributed by atoms with van der Waals surface area (Å²) in [5.41, 5.74) is 2.90. The van der Waals surface area contributed by atoms with Crippen LogP contribution < -0.4 is 5.32 Å². The molecule has 0 unspecified atom stereocenters. The molecule has 1 fully saturated rings. The molecule has 1 amide bonds. The number of nitrogens with zero attached hydrogens (tertiary/aromatic N) is 5. The van der Waals surface area contributed by atoms with Crippen molar-refractivity contribution in [3.63, 3.8) is 0 Å². The van der Waals surface area contributed by atoms with Crippen molar-refractivity contribution in [3.8, 4) is 11.1 Å². The Balaban J connectivity index is 1.45. The first-order valence-electron chi connectivity index (χ1n) is 13.9. The molecule has 1 aliphatic heterocycles. The van der Waals surface area contributed by atoms with Crippen molar-refractivity contribution in [2.45, 2.75) is 33.7 Å². The van der Waals surface area contributed by atoms with E-state index in [1.54, 1.807) is 4.68 Å². The Morgan fingerprint density at radius 3 is 2.11 bits per heavy atom. The average molecular weight is 499 g/mol. The van der Waals surface area contributed by atoms with Gasteiger partial charge in [0.25, 0.3) is 0 Å². The molecule has 3 heterocycles. The van der Waals surface area contributed by atoms with Gasteiger partial charge in [0, 0.05) is 30.1 Å². The summed E-state index contributed by atoms with van der Waals surface area (Å²) in [6.45, 7) is 1.81. The third-order valence-corrected chi connectivity index (χ3v) is 9.75. The van der Waals surface area contributed by atoms with Crippen molar-refractivity contribution in [2.24, 2.45) is 13.0 Å². The van der Waals surface area contributed by atoms with Crippen LogP contribution >= 0.6 is 0 Å². The van der Waals surface area contributed by atoms with E-state index in [0.29, 0.717) is 5.82 Å². The van der Waals surface area contributed by atoms with Gasteiger partial charge in [-0.1, -0.05) is 11.4 Å². The fourth-order valence-electron chi connectivity index (χ4n) is 7.06. The molecule has 0 aliphatic carbocycles. The zero-order valence-corrected chi connectivity index (χ0v) is 25.0. The maximum atomic E-state index is 13.3. The van der Waals surface area contributed by atoms with Crippen LogP contribution in [0.3, 0.4) is 0 Å². The van der Waals surface area contributed by atoms with E-state index in [9.17, 15) is 4.79 Å². The number of hydrogen-bond donors (Lipinski definition) is 1. The van der Waals surface area contributed by atoms with Crippen molar-refractivity contribution in [1.29, 1.82) is 0 Å². The molecule has 3 aromatic rings. The minimum Gasteiger partial charge on any atom is -0.313 e. The number of carbonyl (C=O) groups is 1. The molecule has 4 rings (SSSR count). The Labute approximate surface area is 235 Å². The Bertz CT molecular complexity index is 1310. The first-order chi connectivity index (χ1) is 17.5. The molecule has 2 aromatic heterocycles. The van der Waals surface area contributed by atoms with Crippen LogP contribution in [-0.4, -0.2) is 120 Å². The summed E-state index contributed by atoms with van der Waals surface area (Å²) in [6.07, 6.45) is 5.51. The van der Waals surface area contributed by atoms with Crippen LogP contribution in [0.15, 0.2) is 36.7 Å². The molecule has 7 nitrogen and oxygen atoms in total. The lowest BCUT2D eigenvalue weighted by molar-refractivity contribution is -0.121. The smallest absolute Gasteiger partial charge is 0.228 e. The number of aromatic nitrogens is 4. The monoisotopic (exact) mass is 500 g/mol. The van der Waals surface area contributed by atoms with E-state index in [-0.39, 0.29) is 32.7 Å². The van der Waals surface area contributed by atoms with E-state index in [4.69, 9.17) is 0 Å². The molecule has 188 valence electrons. The Kier molecular flexibility index (Phi) is 7.63. The van der Waals surface area contributed by atoms with E-state index in [1.165, 1.54) is 0 Å². The van der Waals surface area contributed by atoms with Gasteiger partial charge in [-0.05, 0) is 55.0 Å². The number of carbonyl (C=O) groups excluding carboxylic acids is 1. The molecule has 1 N–H and O–H groups in total. The van der Waals surface area contributed by atoms with Crippen molar-refractivity contribution in [3.05, 3.63) is 36.7 Å². The van der Waals surface area contributed by atoms with E-state index in [0.717, 1.165) is 48.0 Å². The maximum absolute atomic E-state index is 13.3. The molecule has 16 heteroatoms. The van der Waals surface area contributed by atoms with Gasteiger partial charge in [-0.25, -0.2) is 0 Å². The summed E-state index contributed by atoms with van der Waals surface area (Å²) in [5.74, 6) is 0.507. The van der Waals surface area contributed by atoms with Crippen LogP contribution in [0.4, 0.5) is 5.82 Å². The second-order valence-electron chi connectivity index (χ2n) is 13.8. The van der Waals surface area contributed by atoms with Crippen LogP contribution in [0.5, 0.6) is 0 Å². The van der Waals surface area contributed by atoms with Crippen molar-refractivity contribution in [1.82, 2.24) is 24.9 Å². The minimum absolute atomic E-state index is 0.0270. The van der Waals surface area contributed by atoms with Gasteiger partial charge in [-0.3, -0.25) is 9.48 Å². The van der Waals surface area contributed by atoms with Crippen molar-refractivity contribution < 1.29 is 4.79 Å². The summed E-state index contributed by atoms with van der Waals surface area (Å²) < 4.78 is 1.79. The number of nitrogens with one attached hydrogen (secondary N) is 1. The van der Waals surface area contributed by atoms with Crippen molar-refractivity contribution >= 4 is 93.2 Å². The van der Waals surface area contributed by atoms with E-state index < -0.39 is 0 Å². The van der Waals surface area contributed by atoms with Gasteiger partial charge < -0.3 is 10.2 Å². The van der Waals surface area contributed by atoms with Crippen LogP contribution in [0.1, 0.15) is 12.8 Å². The number of fused-ring (bicyclic) bond motifs is 1. The zero-order valence-electron chi connectivity index (χ0n) is 25.0. The molecule has 0 atom stereocenters. The van der Waals surface area contributed by atoms with E-state index >= 15 is 0 Å². The molecule has 1 aromatic carbocycles. The highest BCUT2D eigenvalue weighted by Crippen LogP contribution is 2.61. The predicted molar refractivity (Wildman–Crippen MR) is 182 cm³/mol. The summed E-state index contributed by atoms with van der Waals surface area (Å²) >= 11 is 0. The van der Waals surface area contributed by atoms with Gasteiger partial charge in [-0.15, -0.1) is 20.4 Å². The lowest BCUT2D eigenvalue weighted by Gasteiger charge is -2.66. The van der Waals surface area contributed by atoms with Crippen molar-refractivity contribution in [2.75, 3.05) is 18.4 Å². The quantitative estimate of drug-likeness (QED) is 0.329. The summed E-state index contributed by atoms with van der Waals surface area (Å²) in [4.78, 5) is 15.9. The topological polar surface area (TPSA) is 75.9 Å². The number of likely N-dealkylation sites (tertiary alicyclic amines) is 1. The average Bonchev–Trinajstić information content (AvgIpc) is 3.28. The Morgan fingerprint density at radius 1 is 0.921 bits per heavy atom. The molecule has 0 bridgehead atoms. The lowest BCUT2D eigenvalue weighted by Crippen LogP contribution is -2.67. The number of amides is 1. The summed E-state index contributed by atoms with van der Waals surface area (Å²) in [5, 5.41) is 17.1. The normalized spacial score (nSPS) is 16.4. The Morgan fingerprint density at radius 2 is 1.55 bits per heavy atom. The third kappa shape index (κ3) is 5.17. The molecule has 38 heavy (non-hydrogen) atoms. The highest BCUT2D eigenvalue weighted by Gasteiger charge is 2.56. The van der Waals surface area contributed by atoms with Gasteiger partial charge in [0.2, 0.25) is 5.91 Å². The zero-order chi connectivity index (χ0) is 28.1. The number of rotatable bonds is 7. The number of benzene rings is 1. The summed E-state index contributed by atoms with van der Waals surface area (Å²) in [6, 6.07) is 7.96. The van der Waals surface area contributed by atoms with Crippen LogP contribution in [0, 0.1) is 5.92 Å². The third-order valence-electron chi connectivity index (χ3n) is 9.75. The predicted octanol–water partition coefficient (Wildman–Crippen LogP) is -5.66. The molecular weight excluding hydrogens is 462 g/mol. The molecular formula is C22H37B9N6O. The van der Waals surface area contributed by atoms with Gasteiger partial charge >= 0.3 is 0 Å². The van der Waals surface area contributed by atoms with Gasteiger partial charge in [0.1, 0.15) is 23.5 Å². The standard InChI is InChI=1S/C22H37B9N6O/c1-36-11-15(10-32-36)13-2-3-16-14(8-13)9-17(35-34-16)33-18(38)12-4-6-37(7-5-12)22(30,31)19(23,20(24,25)26)21(27,28)29/h2-3,8-12H,4-7,23-31H2,1H3,(H,33,35,38). The highest BCUT2D eigenvalue weighted by molar-refractivity contribution is 6.71. The second kappa shape index (κ2) is 10.1. The van der Waals surface area contributed by atoms with Crippen LogP contribution in [0.25, 0.3) is 22.0 Å². The SMILES string of the molecule is BC(B)(B)C(B)(C(B)(B)B)C(B)(B)N1CCC(C(=O)Nc2cc3cc(-c4cnn(C)c4)ccc3nn2)CC1. The van der Waals surface area contributed by atoms with Crippen LogP contribution in [0.2, 0.25) is 15.5 Å². The fourth-order valence-corrected chi connectivity index (χ4v) is 7.06. The summed E-state index contributed by atoms with van der Waals surface area (Å²) in [7, 11) is 23.3. The first-order valence-corrected chi connectivity index (χ1v) is 13.9. The number of anilines is 1. The largest absolute Gasteiger partial charge is 0.313 e. The number of aryl methyl sites for hydroxylation is 1. The Hall–Kier alpha value is -2.22. The van der Waals surface area contributed by atoms with Gasteiger partial charge in [0.15, 0.2) is 5.82 Å². The molecule has 1 saturated heterocycles. The van der Waals surface area contributed by atoms with Crippen LogP contribution in [-0.2, 0) is 11.8 Å². The number of hydrogen-bond acceptors (Lipinski definition) is 5. The van der Waals surface area contributed by atoms with Gasteiger partial charge in [0.05, 0.1) is 58.8 Å². The molecule has 1 aliphatic rings. The minimum atomic E-state index is -0.0307. The maximum Gasteiger partial charge on any atom is 0.228 e. The van der Waals surface area contributed by atoms with E-state index in [2.05, 4.69) is 102 Å². The van der Waals surface area contributed by atoms with E-state index in [1.807, 2.05) is 37.6 Å².